The molecule has 0 N–H and O–H groups in total. The minimum absolute atomic E-state index is 0.889. The molecule has 3 aromatic rings. The molecule has 0 atom stereocenters. The third-order valence-corrected chi connectivity index (χ3v) is 3.16. The lowest BCUT2D eigenvalue weighted by molar-refractivity contribution is 0.668. The van der Waals surface area contributed by atoms with Crippen LogP contribution in [0.15, 0.2) is 64.3 Å². The van der Waals surface area contributed by atoms with Crippen molar-refractivity contribution in [2.24, 2.45) is 4.99 Å². The zero-order chi connectivity index (χ0) is 13.2. The van der Waals surface area contributed by atoms with E-state index in [1.807, 2.05) is 48.5 Å². The highest BCUT2D eigenvalue weighted by atomic mass is 16.3. The molecular formula is C16H14N2O. The Labute approximate surface area is 111 Å². The first-order valence-electron chi connectivity index (χ1n) is 6.07. The molecule has 1 aromatic heterocycles. The van der Waals surface area contributed by atoms with Gasteiger partial charge in [-0.15, -0.1) is 0 Å². The molecule has 3 heteroatoms. The maximum absolute atomic E-state index is 5.96. The summed E-state index contributed by atoms with van der Waals surface area (Å²) in [5.41, 5.74) is 2.80. The van der Waals surface area contributed by atoms with E-state index in [1.54, 1.807) is 6.20 Å². The van der Waals surface area contributed by atoms with Gasteiger partial charge in [-0.3, -0.25) is 4.99 Å². The number of nitrogens with zero attached hydrogens (tertiary/aromatic N) is 2. The van der Waals surface area contributed by atoms with Crippen molar-refractivity contribution in [2.45, 2.75) is 0 Å². The van der Waals surface area contributed by atoms with Crippen molar-refractivity contribution < 1.29 is 4.42 Å². The normalized spacial score (nSPS) is 11.4. The van der Waals surface area contributed by atoms with Crippen LogP contribution in [0.3, 0.4) is 0 Å². The van der Waals surface area contributed by atoms with E-state index in [-0.39, 0.29) is 0 Å². The van der Waals surface area contributed by atoms with E-state index in [9.17, 15) is 0 Å². The first kappa shape index (κ1) is 11.5. The average molecular weight is 250 g/mol. The summed E-state index contributed by atoms with van der Waals surface area (Å²) in [7, 11) is 1.96. The van der Waals surface area contributed by atoms with Crippen LogP contribution >= 0.6 is 0 Å². The van der Waals surface area contributed by atoms with Crippen molar-refractivity contribution in [3.63, 3.8) is 0 Å². The molecule has 0 aliphatic heterocycles. The monoisotopic (exact) mass is 250 g/mol. The molecule has 0 bridgehead atoms. The smallest absolute Gasteiger partial charge is 0.159 e. The number of fused-ring (bicyclic) bond motifs is 3. The highest BCUT2D eigenvalue weighted by molar-refractivity contribution is 6.08. The Morgan fingerprint density at radius 1 is 1.11 bits per heavy atom. The second-order valence-electron chi connectivity index (χ2n) is 4.34. The van der Waals surface area contributed by atoms with E-state index in [4.69, 9.17) is 4.42 Å². The van der Waals surface area contributed by atoms with Crippen LogP contribution in [0, 0.1) is 0 Å². The van der Waals surface area contributed by atoms with Crippen molar-refractivity contribution in [3.05, 3.63) is 54.9 Å². The van der Waals surface area contributed by atoms with Crippen LogP contribution in [0.5, 0.6) is 0 Å². The molecule has 94 valence electrons. The minimum atomic E-state index is 0.889. The average Bonchev–Trinajstić information content (AvgIpc) is 2.83. The Morgan fingerprint density at radius 2 is 1.89 bits per heavy atom. The topological polar surface area (TPSA) is 28.7 Å². The first-order chi connectivity index (χ1) is 9.31. The summed E-state index contributed by atoms with van der Waals surface area (Å²) in [4.78, 5) is 5.69. The van der Waals surface area contributed by atoms with E-state index in [0.29, 0.717) is 0 Å². The van der Waals surface area contributed by atoms with Crippen molar-refractivity contribution in [1.82, 2.24) is 0 Å². The number of anilines is 1. The predicted octanol–water partition coefficient (Wildman–Crippen LogP) is 4.19. The van der Waals surface area contributed by atoms with Crippen LogP contribution in [0.4, 0.5) is 5.69 Å². The zero-order valence-electron chi connectivity index (χ0n) is 10.7. The Kier molecular flexibility index (Phi) is 2.80. The maximum Gasteiger partial charge on any atom is 0.159 e. The fraction of sp³-hybridized carbons (Fsp3) is 0.0625. The van der Waals surface area contributed by atoms with Crippen molar-refractivity contribution in [2.75, 3.05) is 11.9 Å². The Bertz CT molecular complexity index is 771. The van der Waals surface area contributed by atoms with Gasteiger partial charge in [0.15, 0.2) is 5.58 Å². The van der Waals surface area contributed by atoms with Gasteiger partial charge in [0, 0.05) is 30.2 Å². The number of hydrogen-bond donors (Lipinski definition) is 0. The van der Waals surface area contributed by atoms with Gasteiger partial charge in [-0.2, -0.15) is 0 Å². The van der Waals surface area contributed by atoms with Crippen LogP contribution in [0.1, 0.15) is 0 Å². The summed E-state index contributed by atoms with van der Waals surface area (Å²) in [5, 5.41) is 2.26. The second-order valence-corrected chi connectivity index (χ2v) is 4.34. The number of benzene rings is 2. The molecule has 0 aliphatic rings. The standard InChI is InChI=1S/C16H14N2O/c1-17-10-11-18(2)14-8-5-7-13-12-6-3-4-9-15(12)19-16(13)14/h3-11H,1H2,2H3/b11-10-. The fourth-order valence-electron chi connectivity index (χ4n) is 2.24. The van der Waals surface area contributed by atoms with Gasteiger partial charge in [0.1, 0.15) is 5.58 Å². The number of furan rings is 1. The van der Waals surface area contributed by atoms with Gasteiger partial charge in [0.2, 0.25) is 0 Å². The lowest BCUT2D eigenvalue weighted by Crippen LogP contribution is -2.07. The molecule has 3 rings (SSSR count). The lowest BCUT2D eigenvalue weighted by Gasteiger charge is -2.13. The summed E-state index contributed by atoms with van der Waals surface area (Å²) in [6.45, 7) is 3.44. The van der Waals surface area contributed by atoms with Gasteiger partial charge in [-0.05, 0) is 18.9 Å². The van der Waals surface area contributed by atoms with Gasteiger partial charge >= 0.3 is 0 Å². The first-order valence-corrected chi connectivity index (χ1v) is 6.07. The van der Waals surface area contributed by atoms with Crippen molar-refractivity contribution >= 4 is 34.3 Å². The third-order valence-electron chi connectivity index (χ3n) is 3.16. The summed E-state index contributed by atoms with van der Waals surface area (Å²) in [5.74, 6) is 0. The zero-order valence-corrected chi connectivity index (χ0v) is 10.7. The number of rotatable bonds is 3. The van der Waals surface area contributed by atoms with E-state index < -0.39 is 0 Å². The van der Waals surface area contributed by atoms with Crippen molar-refractivity contribution in [1.29, 1.82) is 0 Å². The molecule has 0 saturated heterocycles. The van der Waals surface area contributed by atoms with E-state index in [2.05, 4.69) is 23.8 Å². The number of para-hydroxylation sites is 2. The van der Waals surface area contributed by atoms with Gasteiger partial charge < -0.3 is 9.32 Å². The second kappa shape index (κ2) is 4.61. The number of aliphatic imine (C=N–C) groups is 1. The Hall–Kier alpha value is -2.55. The summed E-state index contributed by atoms with van der Waals surface area (Å²) in [6.07, 6.45) is 3.51. The highest BCUT2D eigenvalue weighted by Crippen LogP contribution is 2.34. The Morgan fingerprint density at radius 3 is 2.74 bits per heavy atom. The van der Waals surface area contributed by atoms with Crippen molar-refractivity contribution in [3.8, 4) is 0 Å². The minimum Gasteiger partial charge on any atom is -0.454 e. The van der Waals surface area contributed by atoms with Gasteiger partial charge in [-0.1, -0.05) is 30.3 Å². The molecule has 0 amide bonds. The molecule has 2 aromatic carbocycles. The number of hydrogen-bond acceptors (Lipinski definition) is 3. The van der Waals surface area contributed by atoms with E-state index in [0.717, 1.165) is 27.6 Å². The molecule has 19 heavy (non-hydrogen) atoms. The van der Waals surface area contributed by atoms with Gasteiger partial charge in [-0.25, -0.2) is 0 Å². The van der Waals surface area contributed by atoms with Crippen LogP contribution in [-0.2, 0) is 0 Å². The predicted molar refractivity (Wildman–Crippen MR) is 80.8 cm³/mol. The quantitative estimate of drug-likeness (QED) is 0.652. The molecule has 0 radical (unpaired) electrons. The highest BCUT2D eigenvalue weighted by Gasteiger charge is 2.11. The molecular weight excluding hydrogens is 236 g/mol. The maximum atomic E-state index is 5.96. The van der Waals surface area contributed by atoms with Gasteiger partial charge in [0.05, 0.1) is 5.69 Å². The molecule has 0 saturated carbocycles. The van der Waals surface area contributed by atoms with E-state index in [1.165, 1.54) is 0 Å². The van der Waals surface area contributed by atoms with Crippen LogP contribution in [0.2, 0.25) is 0 Å². The fourth-order valence-corrected chi connectivity index (χ4v) is 2.24. The SMILES string of the molecule is C=N/C=C\N(C)c1cccc2c1oc1ccccc12. The van der Waals surface area contributed by atoms with E-state index >= 15 is 0 Å². The summed E-state index contributed by atoms with van der Waals surface area (Å²) >= 11 is 0. The lowest BCUT2D eigenvalue weighted by atomic mass is 10.1. The molecule has 0 fully saturated rings. The van der Waals surface area contributed by atoms with Gasteiger partial charge in [0.25, 0.3) is 0 Å². The van der Waals surface area contributed by atoms with Crippen LogP contribution < -0.4 is 4.90 Å². The summed E-state index contributed by atoms with van der Waals surface area (Å²) < 4.78 is 5.96. The molecule has 1 heterocycles. The summed E-state index contributed by atoms with van der Waals surface area (Å²) in [6, 6.07) is 14.2. The van der Waals surface area contributed by atoms with Crippen LogP contribution in [0.25, 0.3) is 21.9 Å². The third kappa shape index (κ3) is 1.89. The molecule has 3 nitrogen and oxygen atoms in total. The molecule has 0 spiro atoms. The largest absolute Gasteiger partial charge is 0.454 e. The van der Waals surface area contributed by atoms with Crippen LogP contribution in [-0.4, -0.2) is 13.8 Å². The Balaban J connectivity index is 2.25. The molecule has 0 aliphatic carbocycles. The molecule has 0 unspecified atom stereocenters.